The molecule has 72 valence electrons. The number of aromatic amines is 1. The average Bonchev–Trinajstić information content (AvgIpc) is 2.54. The number of hydrogen-bond acceptors (Lipinski definition) is 3. The number of nitrogens with zero attached hydrogens (tertiary/aromatic N) is 2. The van der Waals surface area contributed by atoms with Crippen LogP contribution in [-0.4, -0.2) is 21.7 Å². The molecule has 4 nitrogen and oxygen atoms in total. The minimum Gasteiger partial charge on any atom is -0.306 e. The highest BCUT2D eigenvalue weighted by Gasteiger charge is 2.00. The van der Waals surface area contributed by atoms with E-state index in [0.29, 0.717) is 0 Å². The molecule has 0 aliphatic heterocycles. The summed E-state index contributed by atoms with van der Waals surface area (Å²) in [4.78, 5) is 4.31. The van der Waals surface area contributed by atoms with Gasteiger partial charge in [-0.3, -0.25) is 5.10 Å². The van der Waals surface area contributed by atoms with Crippen molar-refractivity contribution in [2.45, 2.75) is 26.3 Å². The van der Waals surface area contributed by atoms with Crippen molar-refractivity contribution in [3.05, 3.63) is 24.3 Å². The molecular weight excluding hydrogens is 164 g/mol. The van der Waals surface area contributed by atoms with E-state index in [4.69, 9.17) is 0 Å². The molecule has 0 spiro atoms. The molecule has 0 bridgehead atoms. The Balaban J connectivity index is 2.35. The molecular formula is C9H16N4. The van der Waals surface area contributed by atoms with Crippen LogP contribution >= 0.6 is 0 Å². The maximum atomic E-state index is 4.31. The number of H-pyrrole nitrogens is 1. The monoisotopic (exact) mass is 180 g/mol. The molecule has 0 radical (unpaired) electrons. The van der Waals surface area contributed by atoms with Gasteiger partial charge in [-0.2, -0.15) is 5.10 Å². The molecule has 2 N–H and O–H groups in total. The summed E-state index contributed by atoms with van der Waals surface area (Å²) in [5, 5.41) is 10.1. The third-order valence-corrected chi connectivity index (χ3v) is 1.63. The van der Waals surface area contributed by atoms with Crippen LogP contribution in [0.15, 0.2) is 12.7 Å². The van der Waals surface area contributed by atoms with Crippen molar-refractivity contribution in [3.63, 3.8) is 0 Å². The maximum absolute atomic E-state index is 4.31. The van der Waals surface area contributed by atoms with E-state index < -0.39 is 0 Å². The fourth-order valence-corrected chi connectivity index (χ4v) is 1.04. The van der Waals surface area contributed by atoms with Crippen molar-refractivity contribution in [3.8, 4) is 0 Å². The lowest BCUT2D eigenvalue weighted by Crippen LogP contribution is -2.13. The van der Waals surface area contributed by atoms with Gasteiger partial charge >= 0.3 is 0 Å². The molecule has 0 aliphatic carbocycles. The van der Waals surface area contributed by atoms with E-state index in [1.165, 1.54) is 0 Å². The van der Waals surface area contributed by atoms with Crippen molar-refractivity contribution in [2.75, 3.05) is 6.54 Å². The standard InChI is InChI=1S/C9H16N4/c1-3-5-8-11-9(13-12-8)7-10-6-4-2/h4,10H,2-3,5-7H2,1H3,(H,11,12,13). The van der Waals surface area contributed by atoms with E-state index in [2.05, 4.69) is 34.0 Å². The molecule has 0 fully saturated rings. The summed E-state index contributed by atoms with van der Waals surface area (Å²) in [5.41, 5.74) is 0. The average molecular weight is 180 g/mol. The Morgan fingerprint density at radius 1 is 1.62 bits per heavy atom. The van der Waals surface area contributed by atoms with Crippen LogP contribution in [-0.2, 0) is 13.0 Å². The van der Waals surface area contributed by atoms with Gasteiger partial charge in [-0.05, 0) is 6.42 Å². The molecule has 0 amide bonds. The van der Waals surface area contributed by atoms with Gasteiger partial charge in [0.05, 0.1) is 6.54 Å². The van der Waals surface area contributed by atoms with Gasteiger partial charge in [-0.15, -0.1) is 6.58 Å². The molecule has 1 rings (SSSR count). The van der Waals surface area contributed by atoms with Crippen LogP contribution in [0.25, 0.3) is 0 Å². The molecule has 0 atom stereocenters. The summed E-state index contributed by atoms with van der Waals surface area (Å²) in [5.74, 6) is 1.79. The Morgan fingerprint density at radius 3 is 3.15 bits per heavy atom. The largest absolute Gasteiger partial charge is 0.306 e. The molecule has 0 unspecified atom stereocenters. The topological polar surface area (TPSA) is 53.6 Å². The van der Waals surface area contributed by atoms with Crippen LogP contribution in [0.5, 0.6) is 0 Å². The quantitative estimate of drug-likeness (QED) is 0.508. The zero-order valence-corrected chi connectivity index (χ0v) is 8.01. The van der Waals surface area contributed by atoms with Crippen molar-refractivity contribution in [1.82, 2.24) is 20.5 Å². The predicted octanol–water partition coefficient (Wildman–Crippen LogP) is 1.03. The van der Waals surface area contributed by atoms with Gasteiger partial charge in [0.2, 0.25) is 0 Å². The highest BCUT2D eigenvalue weighted by Crippen LogP contribution is 1.95. The zero-order valence-electron chi connectivity index (χ0n) is 8.01. The second-order valence-electron chi connectivity index (χ2n) is 2.87. The van der Waals surface area contributed by atoms with Crippen LogP contribution in [0, 0.1) is 0 Å². The number of rotatable bonds is 6. The molecule has 0 saturated carbocycles. The zero-order chi connectivity index (χ0) is 9.52. The first-order valence-electron chi connectivity index (χ1n) is 4.58. The van der Waals surface area contributed by atoms with Crippen LogP contribution in [0.1, 0.15) is 25.0 Å². The summed E-state index contributed by atoms with van der Waals surface area (Å²) in [6, 6.07) is 0. The second kappa shape index (κ2) is 5.48. The van der Waals surface area contributed by atoms with Crippen LogP contribution in [0.2, 0.25) is 0 Å². The minimum absolute atomic E-state index is 0.725. The molecule has 13 heavy (non-hydrogen) atoms. The summed E-state index contributed by atoms with van der Waals surface area (Å²) in [6.45, 7) is 7.26. The van der Waals surface area contributed by atoms with Gasteiger partial charge in [0.1, 0.15) is 5.82 Å². The molecule has 1 aromatic heterocycles. The van der Waals surface area contributed by atoms with Crippen LogP contribution < -0.4 is 5.32 Å². The van der Waals surface area contributed by atoms with E-state index in [-0.39, 0.29) is 0 Å². The first kappa shape index (κ1) is 9.92. The molecule has 1 heterocycles. The van der Waals surface area contributed by atoms with Gasteiger partial charge in [0.25, 0.3) is 0 Å². The second-order valence-corrected chi connectivity index (χ2v) is 2.87. The summed E-state index contributed by atoms with van der Waals surface area (Å²) < 4.78 is 0. The minimum atomic E-state index is 0.725. The van der Waals surface area contributed by atoms with Crippen molar-refractivity contribution in [1.29, 1.82) is 0 Å². The first-order valence-corrected chi connectivity index (χ1v) is 4.58. The van der Waals surface area contributed by atoms with E-state index in [1.54, 1.807) is 0 Å². The van der Waals surface area contributed by atoms with Crippen molar-refractivity contribution >= 4 is 0 Å². The van der Waals surface area contributed by atoms with E-state index in [9.17, 15) is 0 Å². The van der Waals surface area contributed by atoms with Crippen molar-refractivity contribution in [2.24, 2.45) is 0 Å². The summed E-state index contributed by atoms with van der Waals surface area (Å²) >= 11 is 0. The van der Waals surface area contributed by atoms with Crippen molar-refractivity contribution < 1.29 is 0 Å². The summed E-state index contributed by atoms with van der Waals surface area (Å²) in [6.07, 6.45) is 3.85. The lowest BCUT2D eigenvalue weighted by Gasteiger charge is -1.95. The lowest BCUT2D eigenvalue weighted by atomic mass is 10.3. The number of aromatic nitrogens is 3. The highest BCUT2D eigenvalue weighted by molar-refractivity contribution is 4.90. The third kappa shape index (κ3) is 3.38. The van der Waals surface area contributed by atoms with Crippen LogP contribution in [0.3, 0.4) is 0 Å². The van der Waals surface area contributed by atoms with Gasteiger partial charge in [-0.1, -0.05) is 13.0 Å². The van der Waals surface area contributed by atoms with Crippen LogP contribution in [0.4, 0.5) is 0 Å². The predicted molar refractivity (Wildman–Crippen MR) is 52.3 cm³/mol. The molecule has 0 aliphatic rings. The van der Waals surface area contributed by atoms with Gasteiger partial charge < -0.3 is 5.32 Å². The Morgan fingerprint density at radius 2 is 2.46 bits per heavy atom. The fourth-order valence-electron chi connectivity index (χ4n) is 1.04. The highest BCUT2D eigenvalue weighted by atomic mass is 15.2. The molecule has 0 saturated heterocycles. The lowest BCUT2D eigenvalue weighted by molar-refractivity contribution is 0.719. The Hall–Kier alpha value is -1.16. The Kier molecular flexibility index (Phi) is 4.18. The Bertz CT molecular complexity index is 254. The molecule has 1 aromatic rings. The van der Waals surface area contributed by atoms with Gasteiger partial charge in [0.15, 0.2) is 5.82 Å². The van der Waals surface area contributed by atoms with E-state index in [0.717, 1.165) is 37.6 Å². The fraction of sp³-hybridized carbons (Fsp3) is 0.556. The number of nitrogens with one attached hydrogen (secondary N) is 2. The smallest absolute Gasteiger partial charge is 0.150 e. The maximum Gasteiger partial charge on any atom is 0.150 e. The van der Waals surface area contributed by atoms with E-state index in [1.807, 2.05) is 6.08 Å². The SMILES string of the molecule is C=CCNCc1nc(CCC)n[nH]1. The van der Waals surface area contributed by atoms with Gasteiger partial charge in [-0.25, -0.2) is 4.98 Å². The first-order chi connectivity index (χ1) is 6.36. The molecule has 0 aromatic carbocycles. The van der Waals surface area contributed by atoms with Gasteiger partial charge in [0, 0.05) is 13.0 Å². The number of aryl methyl sites for hydroxylation is 1. The normalized spacial score (nSPS) is 10.2. The molecule has 4 heteroatoms. The summed E-state index contributed by atoms with van der Waals surface area (Å²) in [7, 11) is 0. The third-order valence-electron chi connectivity index (χ3n) is 1.63. The van der Waals surface area contributed by atoms with E-state index >= 15 is 0 Å². The number of hydrogen-bond donors (Lipinski definition) is 2. The Labute approximate surface area is 78.5 Å².